The number of anilines is 3. The third kappa shape index (κ3) is 5.40. The number of para-hydroxylation sites is 2. The summed E-state index contributed by atoms with van der Waals surface area (Å²) in [5, 5.41) is 7.75. The molecule has 55 heavy (non-hydrogen) atoms. The maximum Gasteiger partial charge on any atom is 0.0541 e. The molecule has 0 saturated carbocycles. The molecule has 0 aliphatic heterocycles. The molecule has 9 aromatic carbocycles. The zero-order valence-corrected chi connectivity index (χ0v) is 31.6. The summed E-state index contributed by atoms with van der Waals surface area (Å²) in [6.07, 6.45) is 0. The van der Waals surface area contributed by atoms with Crippen molar-refractivity contribution in [2.24, 2.45) is 0 Å². The monoisotopic (exact) mass is 766 g/mol. The van der Waals surface area contributed by atoms with Gasteiger partial charge in [-0.1, -0.05) is 48.5 Å². The van der Waals surface area contributed by atoms with Gasteiger partial charge in [-0.2, -0.15) is 0 Å². The fourth-order valence-corrected chi connectivity index (χ4v) is 10.8. The van der Waals surface area contributed by atoms with Crippen molar-refractivity contribution in [3.05, 3.63) is 206 Å². The summed E-state index contributed by atoms with van der Waals surface area (Å²) in [7, 11) is 0. The van der Waals surface area contributed by atoms with Crippen molar-refractivity contribution in [2.75, 3.05) is 4.90 Å². The van der Waals surface area contributed by atoms with Crippen LogP contribution in [0.25, 0.3) is 79.8 Å². The van der Waals surface area contributed by atoms with Crippen LogP contribution in [0.4, 0.5) is 17.1 Å². The van der Waals surface area contributed by atoms with Gasteiger partial charge in [0.2, 0.25) is 0 Å². The standard InChI is InChI=1S/C52H34N2Se/c1-2-13-40(14-3-1)54-49-18-8-6-16-44(49)47-33-38(26-32-50(47)54)35-21-27-41(28-22-35)53(48-19-10-12-37-11-4-5-15-43(37)48)42-29-23-36(24-30-42)39-25-31-46-45-17-7-9-20-51(45)55-52(46)34-39/h1-34H. The number of hydrogen-bond donors (Lipinski definition) is 0. The molecule has 0 saturated heterocycles. The minimum atomic E-state index is 0.339. The Hall–Kier alpha value is -6.64. The van der Waals surface area contributed by atoms with Gasteiger partial charge in [-0.3, -0.25) is 0 Å². The van der Waals surface area contributed by atoms with Gasteiger partial charge in [0, 0.05) is 16.5 Å². The summed E-state index contributed by atoms with van der Waals surface area (Å²) in [4.78, 5) is 2.40. The molecule has 11 rings (SSSR count). The molecule has 0 radical (unpaired) electrons. The second-order valence-corrected chi connectivity index (χ2v) is 16.4. The summed E-state index contributed by atoms with van der Waals surface area (Å²) < 4.78 is 5.31. The summed E-state index contributed by atoms with van der Waals surface area (Å²) in [5.41, 5.74) is 11.9. The first kappa shape index (κ1) is 31.8. The Morgan fingerprint density at radius 3 is 1.69 bits per heavy atom. The van der Waals surface area contributed by atoms with E-state index in [0.29, 0.717) is 14.5 Å². The average molecular weight is 766 g/mol. The topological polar surface area (TPSA) is 8.17 Å². The van der Waals surface area contributed by atoms with Crippen molar-refractivity contribution in [3.8, 4) is 27.9 Å². The van der Waals surface area contributed by atoms with Crippen LogP contribution in [0.1, 0.15) is 0 Å². The van der Waals surface area contributed by atoms with Gasteiger partial charge >= 0.3 is 211 Å². The quantitative estimate of drug-likeness (QED) is 0.153. The Morgan fingerprint density at radius 2 is 0.909 bits per heavy atom. The van der Waals surface area contributed by atoms with Crippen molar-refractivity contribution < 1.29 is 0 Å². The van der Waals surface area contributed by atoms with Crippen LogP contribution >= 0.6 is 0 Å². The molecule has 0 atom stereocenters. The van der Waals surface area contributed by atoms with Crippen LogP contribution in [-0.4, -0.2) is 19.1 Å². The number of rotatable bonds is 6. The number of fused-ring (bicyclic) bond motifs is 7. The second kappa shape index (κ2) is 13.0. The first-order chi connectivity index (χ1) is 27.3. The minimum Gasteiger partial charge on any atom is -0.0602 e. The molecular weight excluding hydrogens is 732 g/mol. The second-order valence-electron chi connectivity index (χ2n) is 14.2. The summed E-state index contributed by atoms with van der Waals surface area (Å²) in [6, 6.07) is 75.6. The van der Waals surface area contributed by atoms with E-state index in [1.54, 1.807) is 0 Å². The zero-order chi connectivity index (χ0) is 36.3. The van der Waals surface area contributed by atoms with Crippen molar-refractivity contribution in [2.45, 2.75) is 0 Å². The van der Waals surface area contributed by atoms with Crippen LogP contribution in [0, 0.1) is 0 Å². The van der Waals surface area contributed by atoms with E-state index >= 15 is 0 Å². The molecule has 0 amide bonds. The molecule has 11 aromatic rings. The van der Waals surface area contributed by atoms with Gasteiger partial charge < -0.3 is 4.57 Å². The normalized spacial score (nSPS) is 11.6. The van der Waals surface area contributed by atoms with E-state index in [2.05, 4.69) is 216 Å². The van der Waals surface area contributed by atoms with Gasteiger partial charge in [-0.15, -0.1) is 0 Å². The van der Waals surface area contributed by atoms with Crippen molar-refractivity contribution in [1.82, 2.24) is 4.57 Å². The molecule has 2 aromatic heterocycles. The fourth-order valence-electron chi connectivity index (χ4n) is 8.35. The maximum atomic E-state index is 2.41. The van der Waals surface area contributed by atoms with Crippen molar-refractivity contribution >= 4 is 83.4 Å². The zero-order valence-electron chi connectivity index (χ0n) is 29.9. The minimum absolute atomic E-state index is 0.339. The van der Waals surface area contributed by atoms with Gasteiger partial charge in [0.1, 0.15) is 0 Å². The average Bonchev–Trinajstić information content (AvgIpc) is 3.80. The predicted octanol–water partition coefficient (Wildman–Crippen LogP) is 14.1. The Kier molecular flexibility index (Phi) is 7.55. The summed E-state index contributed by atoms with van der Waals surface area (Å²) in [5.74, 6) is 0. The Balaban J connectivity index is 0.990. The first-order valence-corrected chi connectivity index (χ1v) is 20.5. The molecule has 0 spiro atoms. The van der Waals surface area contributed by atoms with Crippen LogP contribution in [0.3, 0.4) is 0 Å². The predicted molar refractivity (Wildman–Crippen MR) is 236 cm³/mol. The van der Waals surface area contributed by atoms with E-state index in [1.807, 2.05) is 0 Å². The first-order valence-electron chi connectivity index (χ1n) is 18.8. The van der Waals surface area contributed by atoms with E-state index in [0.717, 1.165) is 17.1 Å². The van der Waals surface area contributed by atoms with E-state index in [1.165, 1.54) is 79.8 Å². The van der Waals surface area contributed by atoms with Gasteiger partial charge in [0.05, 0.1) is 11.0 Å². The SMILES string of the molecule is c1ccc(-n2c3ccccc3c3cc(-c4ccc(N(c5ccc(-c6ccc7c(c6)[se]c6ccccc67)cc5)c5cccc6ccccc56)cc4)ccc32)cc1. The van der Waals surface area contributed by atoms with Crippen molar-refractivity contribution in [1.29, 1.82) is 0 Å². The molecule has 0 aliphatic rings. The molecule has 0 fully saturated rings. The van der Waals surface area contributed by atoms with Crippen molar-refractivity contribution in [3.63, 3.8) is 0 Å². The molecule has 0 unspecified atom stereocenters. The molecular formula is C52H34N2Se. The molecule has 3 heteroatoms. The largest absolute Gasteiger partial charge is 0.0602 e. The summed E-state index contributed by atoms with van der Waals surface area (Å²) in [6.45, 7) is 0. The van der Waals surface area contributed by atoms with Gasteiger partial charge in [0.25, 0.3) is 0 Å². The van der Waals surface area contributed by atoms with Crippen LogP contribution in [0.2, 0.25) is 0 Å². The van der Waals surface area contributed by atoms with E-state index in [-0.39, 0.29) is 0 Å². The van der Waals surface area contributed by atoms with Crippen LogP contribution in [-0.2, 0) is 0 Å². The molecule has 0 bridgehead atoms. The Bertz CT molecular complexity index is 3180. The third-order valence-corrected chi connectivity index (χ3v) is 13.4. The Morgan fingerprint density at radius 1 is 0.345 bits per heavy atom. The van der Waals surface area contributed by atoms with E-state index < -0.39 is 0 Å². The Labute approximate surface area is 325 Å². The van der Waals surface area contributed by atoms with Crippen LogP contribution in [0.5, 0.6) is 0 Å². The number of benzene rings is 9. The number of nitrogens with zero attached hydrogens (tertiary/aromatic N) is 2. The van der Waals surface area contributed by atoms with Gasteiger partial charge in [0.15, 0.2) is 0 Å². The molecule has 0 aliphatic carbocycles. The van der Waals surface area contributed by atoms with Crippen LogP contribution < -0.4 is 4.90 Å². The maximum absolute atomic E-state index is 2.41. The number of aromatic nitrogens is 1. The van der Waals surface area contributed by atoms with E-state index in [4.69, 9.17) is 0 Å². The molecule has 258 valence electrons. The summed E-state index contributed by atoms with van der Waals surface area (Å²) >= 11 is 0.339. The fraction of sp³-hybridized carbons (Fsp3) is 0. The molecule has 2 heterocycles. The van der Waals surface area contributed by atoms with Gasteiger partial charge in [-0.25, -0.2) is 0 Å². The van der Waals surface area contributed by atoms with Gasteiger partial charge in [-0.05, 0) is 35.9 Å². The molecule has 0 N–H and O–H groups in total. The number of hydrogen-bond acceptors (Lipinski definition) is 1. The molecule has 2 nitrogen and oxygen atoms in total. The smallest absolute Gasteiger partial charge is 0.0541 e. The third-order valence-electron chi connectivity index (χ3n) is 11.0. The van der Waals surface area contributed by atoms with E-state index in [9.17, 15) is 0 Å². The van der Waals surface area contributed by atoms with Crippen LogP contribution in [0.15, 0.2) is 206 Å².